The molecule has 1 aromatic rings. The van der Waals surface area contributed by atoms with E-state index in [2.05, 4.69) is 0 Å². The minimum Gasteiger partial charge on any atom is -0.466 e. The molecule has 1 aliphatic rings. The lowest BCUT2D eigenvalue weighted by Gasteiger charge is -2.31. The standard InChI is InChI=1S/C16H21NO3/c1-3-20-16(19)13-7-9-17(10-8-13)15(18)14-6-4-5-12(2)11-14/h4-6,11,13H,3,7-10H2,1-2H3. The number of hydrogen-bond acceptors (Lipinski definition) is 3. The Morgan fingerprint density at radius 3 is 2.60 bits per heavy atom. The fraction of sp³-hybridized carbons (Fsp3) is 0.500. The minimum atomic E-state index is -0.129. The number of aryl methyl sites for hydroxylation is 1. The van der Waals surface area contributed by atoms with Crippen LogP contribution in [0.15, 0.2) is 24.3 Å². The molecule has 4 heteroatoms. The normalized spacial score (nSPS) is 16.0. The molecule has 0 aromatic heterocycles. The smallest absolute Gasteiger partial charge is 0.309 e. The molecular weight excluding hydrogens is 254 g/mol. The predicted octanol–water partition coefficient (Wildman–Crippen LogP) is 2.41. The van der Waals surface area contributed by atoms with Crippen molar-refractivity contribution in [1.29, 1.82) is 0 Å². The number of ether oxygens (including phenoxy) is 1. The van der Waals surface area contributed by atoms with Gasteiger partial charge in [-0.25, -0.2) is 0 Å². The van der Waals surface area contributed by atoms with Gasteiger partial charge in [0.05, 0.1) is 12.5 Å². The number of rotatable bonds is 3. The Bertz CT molecular complexity index is 490. The number of likely N-dealkylation sites (tertiary alicyclic amines) is 1. The van der Waals surface area contributed by atoms with Gasteiger partial charge in [-0.2, -0.15) is 0 Å². The van der Waals surface area contributed by atoms with E-state index >= 15 is 0 Å². The lowest BCUT2D eigenvalue weighted by Crippen LogP contribution is -2.40. The van der Waals surface area contributed by atoms with Crippen LogP contribution in [0.25, 0.3) is 0 Å². The lowest BCUT2D eigenvalue weighted by atomic mass is 9.96. The third-order valence-corrected chi connectivity index (χ3v) is 3.67. The summed E-state index contributed by atoms with van der Waals surface area (Å²) in [6.07, 6.45) is 1.38. The number of amides is 1. The van der Waals surface area contributed by atoms with Crippen LogP contribution >= 0.6 is 0 Å². The van der Waals surface area contributed by atoms with Gasteiger partial charge >= 0.3 is 5.97 Å². The topological polar surface area (TPSA) is 46.6 Å². The molecule has 1 aromatic carbocycles. The average Bonchev–Trinajstić information content (AvgIpc) is 2.47. The van der Waals surface area contributed by atoms with Gasteiger partial charge in [0, 0.05) is 18.7 Å². The zero-order valence-electron chi connectivity index (χ0n) is 12.1. The zero-order chi connectivity index (χ0) is 14.5. The van der Waals surface area contributed by atoms with Crippen molar-refractivity contribution in [1.82, 2.24) is 4.90 Å². The number of esters is 1. The molecule has 1 aliphatic heterocycles. The van der Waals surface area contributed by atoms with E-state index in [1.807, 2.05) is 43.0 Å². The molecule has 0 atom stereocenters. The maximum absolute atomic E-state index is 12.4. The summed E-state index contributed by atoms with van der Waals surface area (Å²) in [5.74, 6) is -0.136. The van der Waals surface area contributed by atoms with Gasteiger partial charge in [0.2, 0.25) is 0 Å². The summed E-state index contributed by atoms with van der Waals surface area (Å²) in [7, 11) is 0. The highest BCUT2D eigenvalue weighted by Crippen LogP contribution is 2.20. The summed E-state index contributed by atoms with van der Waals surface area (Å²) in [5.41, 5.74) is 1.80. The first-order valence-corrected chi connectivity index (χ1v) is 7.14. The van der Waals surface area contributed by atoms with E-state index in [9.17, 15) is 9.59 Å². The van der Waals surface area contributed by atoms with E-state index in [0.29, 0.717) is 32.5 Å². The second-order valence-electron chi connectivity index (χ2n) is 5.19. The van der Waals surface area contributed by atoms with Crippen LogP contribution in [0.5, 0.6) is 0 Å². The van der Waals surface area contributed by atoms with Crippen molar-refractivity contribution in [3.05, 3.63) is 35.4 Å². The van der Waals surface area contributed by atoms with Crippen LogP contribution in [-0.4, -0.2) is 36.5 Å². The fourth-order valence-electron chi connectivity index (χ4n) is 2.54. The summed E-state index contributed by atoms with van der Waals surface area (Å²) < 4.78 is 5.04. The van der Waals surface area contributed by atoms with E-state index < -0.39 is 0 Å². The summed E-state index contributed by atoms with van der Waals surface area (Å²) in [5, 5.41) is 0. The Hall–Kier alpha value is -1.84. The molecule has 108 valence electrons. The van der Waals surface area contributed by atoms with E-state index in [0.717, 1.165) is 11.1 Å². The molecule has 0 spiro atoms. The van der Waals surface area contributed by atoms with Gasteiger partial charge in [-0.3, -0.25) is 9.59 Å². The van der Waals surface area contributed by atoms with Crippen LogP contribution in [-0.2, 0) is 9.53 Å². The van der Waals surface area contributed by atoms with Crippen LogP contribution in [0.3, 0.4) is 0 Å². The molecule has 1 saturated heterocycles. The van der Waals surface area contributed by atoms with Gasteiger partial charge in [0.1, 0.15) is 0 Å². The van der Waals surface area contributed by atoms with E-state index in [4.69, 9.17) is 4.74 Å². The largest absolute Gasteiger partial charge is 0.466 e. The molecular formula is C16H21NO3. The van der Waals surface area contributed by atoms with Crippen LogP contribution in [0.1, 0.15) is 35.7 Å². The van der Waals surface area contributed by atoms with Gasteiger partial charge < -0.3 is 9.64 Å². The molecule has 0 radical (unpaired) electrons. The summed E-state index contributed by atoms with van der Waals surface area (Å²) >= 11 is 0. The number of nitrogens with zero attached hydrogens (tertiary/aromatic N) is 1. The van der Waals surface area contributed by atoms with Gasteiger partial charge in [0.25, 0.3) is 5.91 Å². The molecule has 0 saturated carbocycles. The lowest BCUT2D eigenvalue weighted by molar-refractivity contribution is -0.149. The van der Waals surface area contributed by atoms with Crippen LogP contribution in [0.2, 0.25) is 0 Å². The second kappa shape index (κ2) is 6.55. The Kier molecular flexibility index (Phi) is 4.77. The highest BCUT2D eigenvalue weighted by Gasteiger charge is 2.28. The third-order valence-electron chi connectivity index (χ3n) is 3.67. The van der Waals surface area contributed by atoms with Gasteiger partial charge in [0.15, 0.2) is 0 Å². The van der Waals surface area contributed by atoms with Crippen molar-refractivity contribution in [2.24, 2.45) is 5.92 Å². The van der Waals surface area contributed by atoms with Crippen molar-refractivity contribution in [2.75, 3.05) is 19.7 Å². The monoisotopic (exact) mass is 275 g/mol. The number of benzene rings is 1. The first-order valence-electron chi connectivity index (χ1n) is 7.14. The van der Waals surface area contributed by atoms with Crippen molar-refractivity contribution < 1.29 is 14.3 Å². The molecule has 20 heavy (non-hydrogen) atoms. The highest BCUT2D eigenvalue weighted by atomic mass is 16.5. The van der Waals surface area contributed by atoms with Crippen molar-refractivity contribution in [3.63, 3.8) is 0 Å². The van der Waals surface area contributed by atoms with Gasteiger partial charge in [-0.15, -0.1) is 0 Å². The zero-order valence-corrected chi connectivity index (χ0v) is 12.1. The Morgan fingerprint density at radius 1 is 1.30 bits per heavy atom. The molecule has 0 aliphatic carbocycles. The SMILES string of the molecule is CCOC(=O)C1CCN(C(=O)c2cccc(C)c2)CC1. The van der Waals surface area contributed by atoms with E-state index in [1.165, 1.54) is 0 Å². The van der Waals surface area contributed by atoms with Crippen LogP contribution in [0.4, 0.5) is 0 Å². The van der Waals surface area contributed by atoms with E-state index in [-0.39, 0.29) is 17.8 Å². The number of carbonyl (C=O) groups excluding carboxylic acids is 2. The maximum atomic E-state index is 12.4. The van der Waals surface area contributed by atoms with Crippen molar-refractivity contribution in [3.8, 4) is 0 Å². The summed E-state index contributed by atoms with van der Waals surface area (Å²) in [6.45, 7) is 5.45. The quantitative estimate of drug-likeness (QED) is 0.796. The highest BCUT2D eigenvalue weighted by molar-refractivity contribution is 5.94. The first-order chi connectivity index (χ1) is 9.61. The Labute approximate surface area is 119 Å². The summed E-state index contributed by atoms with van der Waals surface area (Å²) in [6, 6.07) is 7.62. The predicted molar refractivity (Wildman–Crippen MR) is 76.4 cm³/mol. The van der Waals surface area contributed by atoms with Crippen molar-refractivity contribution >= 4 is 11.9 Å². The summed E-state index contributed by atoms with van der Waals surface area (Å²) in [4.78, 5) is 25.9. The second-order valence-corrected chi connectivity index (χ2v) is 5.19. The maximum Gasteiger partial charge on any atom is 0.309 e. The number of carbonyl (C=O) groups is 2. The molecule has 0 unspecified atom stereocenters. The molecule has 0 N–H and O–H groups in total. The molecule has 4 nitrogen and oxygen atoms in total. The Balaban J connectivity index is 1.93. The average molecular weight is 275 g/mol. The third kappa shape index (κ3) is 3.38. The Morgan fingerprint density at radius 2 is 2.00 bits per heavy atom. The van der Waals surface area contributed by atoms with E-state index in [1.54, 1.807) is 0 Å². The van der Waals surface area contributed by atoms with Crippen molar-refractivity contribution in [2.45, 2.75) is 26.7 Å². The van der Waals surface area contributed by atoms with Crippen LogP contribution < -0.4 is 0 Å². The van der Waals surface area contributed by atoms with Crippen LogP contribution in [0, 0.1) is 12.8 Å². The fourth-order valence-corrected chi connectivity index (χ4v) is 2.54. The molecule has 0 bridgehead atoms. The molecule has 2 rings (SSSR count). The number of piperidine rings is 1. The van der Waals surface area contributed by atoms with Gasteiger partial charge in [-0.1, -0.05) is 17.7 Å². The molecule has 1 heterocycles. The molecule has 1 amide bonds. The van der Waals surface area contributed by atoms with Gasteiger partial charge in [-0.05, 0) is 38.8 Å². The molecule has 1 fully saturated rings. The first kappa shape index (κ1) is 14.6. The minimum absolute atomic E-state index is 0.0519. The number of hydrogen-bond donors (Lipinski definition) is 0.